The van der Waals surface area contributed by atoms with Gasteiger partial charge in [-0.1, -0.05) is 24.3 Å². The fourth-order valence-electron chi connectivity index (χ4n) is 3.49. The van der Waals surface area contributed by atoms with E-state index in [0.29, 0.717) is 25.3 Å². The highest BCUT2D eigenvalue weighted by atomic mass is 16.5. The molecule has 2 aromatic rings. The first-order valence-corrected chi connectivity index (χ1v) is 10.3. The van der Waals surface area contributed by atoms with Crippen LogP contribution < -0.4 is 25.0 Å². The van der Waals surface area contributed by atoms with E-state index in [-0.39, 0.29) is 5.91 Å². The van der Waals surface area contributed by atoms with E-state index in [1.807, 2.05) is 54.3 Å². The van der Waals surface area contributed by atoms with Gasteiger partial charge in [-0.05, 0) is 37.1 Å². The lowest BCUT2D eigenvalue weighted by Gasteiger charge is -2.16. The lowest BCUT2D eigenvalue weighted by molar-refractivity contribution is -0.117. The number of hydrogen-bond acceptors (Lipinski definition) is 4. The highest BCUT2D eigenvalue weighted by molar-refractivity contribution is 5.95. The predicted molar refractivity (Wildman–Crippen MR) is 119 cm³/mol. The maximum absolute atomic E-state index is 11.9. The predicted octanol–water partition coefficient (Wildman–Crippen LogP) is 3.09. The van der Waals surface area contributed by atoms with Crippen LogP contribution in [0.4, 0.5) is 5.69 Å². The number of ether oxygens (including phenoxy) is 2. The summed E-state index contributed by atoms with van der Waals surface area (Å²) in [5.74, 6) is 2.35. The van der Waals surface area contributed by atoms with Gasteiger partial charge in [-0.25, -0.2) is 4.99 Å². The van der Waals surface area contributed by atoms with E-state index in [9.17, 15) is 4.79 Å². The maximum atomic E-state index is 11.9. The van der Waals surface area contributed by atoms with E-state index < -0.39 is 0 Å². The van der Waals surface area contributed by atoms with Crippen LogP contribution in [0.25, 0.3) is 0 Å². The lowest BCUT2D eigenvalue weighted by Crippen LogP contribution is -2.36. The molecule has 0 aliphatic carbocycles. The largest absolute Gasteiger partial charge is 0.493 e. The SMILES string of the molecule is CCNC(=NCc1ccc(N2CCCC2=O)cc1)NCc1cccc(OC)c1OC. The smallest absolute Gasteiger partial charge is 0.227 e. The summed E-state index contributed by atoms with van der Waals surface area (Å²) in [6.07, 6.45) is 1.57. The third-order valence-electron chi connectivity index (χ3n) is 5.02. The summed E-state index contributed by atoms with van der Waals surface area (Å²) in [4.78, 5) is 18.4. The van der Waals surface area contributed by atoms with Gasteiger partial charge in [0.05, 0.1) is 20.8 Å². The van der Waals surface area contributed by atoms with Crippen molar-refractivity contribution in [2.24, 2.45) is 4.99 Å². The van der Waals surface area contributed by atoms with Crippen molar-refractivity contribution in [3.63, 3.8) is 0 Å². The van der Waals surface area contributed by atoms with Crippen LogP contribution in [0, 0.1) is 0 Å². The van der Waals surface area contributed by atoms with E-state index in [1.165, 1.54) is 0 Å². The summed E-state index contributed by atoms with van der Waals surface area (Å²) in [6.45, 7) is 4.70. The Morgan fingerprint density at radius 1 is 1.10 bits per heavy atom. The molecule has 0 radical (unpaired) electrons. The number of rotatable bonds is 8. The second-order valence-electron chi connectivity index (χ2n) is 7.02. The van der Waals surface area contributed by atoms with Gasteiger partial charge in [-0.3, -0.25) is 4.79 Å². The quantitative estimate of drug-likeness (QED) is 0.517. The third-order valence-corrected chi connectivity index (χ3v) is 5.02. The number of para-hydroxylation sites is 1. The number of nitrogens with one attached hydrogen (secondary N) is 2. The van der Waals surface area contributed by atoms with Crippen molar-refractivity contribution >= 4 is 17.6 Å². The Hall–Kier alpha value is -3.22. The van der Waals surface area contributed by atoms with Crippen LogP contribution in [0.15, 0.2) is 47.5 Å². The lowest BCUT2D eigenvalue weighted by atomic mass is 10.2. The summed E-state index contributed by atoms with van der Waals surface area (Å²) in [5, 5.41) is 6.61. The maximum Gasteiger partial charge on any atom is 0.227 e. The number of carbonyl (C=O) groups is 1. The topological polar surface area (TPSA) is 75.2 Å². The molecule has 1 aliphatic rings. The summed E-state index contributed by atoms with van der Waals surface area (Å²) < 4.78 is 10.9. The Balaban J connectivity index is 1.64. The van der Waals surface area contributed by atoms with Crippen LogP contribution in [0.3, 0.4) is 0 Å². The zero-order chi connectivity index (χ0) is 21.3. The molecule has 0 unspecified atom stereocenters. The number of benzene rings is 2. The monoisotopic (exact) mass is 410 g/mol. The van der Waals surface area contributed by atoms with Gasteiger partial charge in [0.2, 0.25) is 5.91 Å². The summed E-state index contributed by atoms with van der Waals surface area (Å²) >= 11 is 0. The molecule has 7 heteroatoms. The van der Waals surface area contributed by atoms with Gasteiger partial charge in [0.1, 0.15) is 0 Å². The second kappa shape index (κ2) is 10.5. The average Bonchev–Trinajstić information content (AvgIpc) is 3.21. The normalized spacial score (nSPS) is 14.0. The van der Waals surface area contributed by atoms with Crippen molar-refractivity contribution in [2.75, 3.05) is 32.2 Å². The van der Waals surface area contributed by atoms with Crippen LogP contribution in [0.5, 0.6) is 11.5 Å². The van der Waals surface area contributed by atoms with E-state index in [2.05, 4.69) is 15.6 Å². The van der Waals surface area contributed by atoms with Crippen molar-refractivity contribution in [3.8, 4) is 11.5 Å². The molecular weight excluding hydrogens is 380 g/mol. The number of methoxy groups -OCH3 is 2. The molecule has 30 heavy (non-hydrogen) atoms. The first kappa shape index (κ1) is 21.5. The Labute approximate surface area is 178 Å². The molecule has 0 spiro atoms. The van der Waals surface area contributed by atoms with Gasteiger partial charge in [-0.2, -0.15) is 0 Å². The number of amides is 1. The zero-order valence-electron chi connectivity index (χ0n) is 17.9. The number of hydrogen-bond donors (Lipinski definition) is 2. The number of anilines is 1. The number of guanidine groups is 1. The Morgan fingerprint density at radius 3 is 2.53 bits per heavy atom. The van der Waals surface area contributed by atoms with Gasteiger partial charge >= 0.3 is 0 Å². The summed E-state index contributed by atoms with van der Waals surface area (Å²) in [7, 11) is 3.27. The molecule has 3 rings (SSSR count). The van der Waals surface area contributed by atoms with Crippen molar-refractivity contribution in [3.05, 3.63) is 53.6 Å². The van der Waals surface area contributed by atoms with Crippen molar-refractivity contribution in [2.45, 2.75) is 32.9 Å². The molecule has 1 heterocycles. The van der Waals surface area contributed by atoms with Gasteiger partial charge in [0, 0.05) is 37.3 Å². The Bertz CT molecular complexity index is 881. The van der Waals surface area contributed by atoms with Crippen LogP contribution in [-0.4, -0.2) is 39.2 Å². The fraction of sp³-hybridized carbons (Fsp3) is 0.391. The van der Waals surface area contributed by atoms with E-state index >= 15 is 0 Å². The highest BCUT2D eigenvalue weighted by Gasteiger charge is 2.21. The summed E-state index contributed by atoms with van der Waals surface area (Å²) in [6, 6.07) is 13.9. The molecule has 1 aliphatic heterocycles. The first-order valence-electron chi connectivity index (χ1n) is 10.3. The molecule has 7 nitrogen and oxygen atoms in total. The molecule has 0 bridgehead atoms. The van der Waals surface area contributed by atoms with Crippen LogP contribution in [-0.2, 0) is 17.9 Å². The van der Waals surface area contributed by atoms with E-state index in [1.54, 1.807) is 14.2 Å². The Kier molecular flexibility index (Phi) is 7.54. The van der Waals surface area contributed by atoms with Gasteiger partial charge in [-0.15, -0.1) is 0 Å². The minimum atomic E-state index is 0.201. The van der Waals surface area contributed by atoms with Crippen LogP contribution in [0.2, 0.25) is 0 Å². The van der Waals surface area contributed by atoms with Gasteiger partial charge in [0.25, 0.3) is 0 Å². The zero-order valence-corrected chi connectivity index (χ0v) is 17.9. The average molecular weight is 411 g/mol. The number of aliphatic imine (C=N–C) groups is 1. The first-order chi connectivity index (χ1) is 14.7. The number of carbonyl (C=O) groups excluding carboxylic acids is 1. The molecule has 2 N–H and O–H groups in total. The minimum Gasteiger partial charge on any atom is -0.493 e. The van der Waals surface area contributed by atoms with E-state index in [0.717, 1.165) is 48.0 Å². The molecule has 0 saturated carbocycles. The van der Waals surface area contributed by atoms with Crippen molar-refractivity contribution in [1.82, 2.24) is 10.6 Å². The van der Waals surface area contributed by atoms with Gasteiger partial charge < -0.3 is 25.0 Å². The fourth-order valence-corrected chi connectivity index (χ4v) is 3.49. The molecule has 1 saturated heterocycles. The minimum absolute atomic E-state index is 0.201. The standard InChI is InChI=1S/C23H30N4O3/c1-4-24-23(26-16-18-7-5-8-20(29-2)22(18)30-3)25-15-17-10-12-19(13-11-17)27-14-6-9-21(27)28/h5,7-8,10-13H,4,6,9,14-16H2,1-3H3,(H2,24,25,26). The third kappa shape index (κ3) is 5.23. The van der Waals surface area contributed by atoms with E-state index in [4.69, 9.17) is 9.47 Å². The molecule has 0 aromatic heterocycles. The molecule has 0 atom stereocenters. The molecule has 160 valence electrons. The summed E-state index contributed by atoms with van der Waals surface area (Å²) in [5.41, 5.74) is 3.03. The van der Waals surface area contributed by atoms with Crippen LogP contribution in [0.1, 0.15) is 30.9 Å². The molecule has 2 aromatic carbocycles. The molecular formula is C23H30N4O3. The Morgan fingerprint density at radius 2 is 1.90 bits per heavy atom. The second-order valence-corrected chi connectivity index (χ2v) is 7.02. The van der Waals surface area contributed by atoms with Crippen molar-refractivity contribution in [1.29, 1.82) is 0 Å². The van der Waals surface area contributed by atoms with Crippen LogP contribution >= 0.6 is 0 Å². The van der Waals surface area contributed by atoms with Gasteiger partial charge in [0.15, 0.2) is 17.5 Å². The number of nitrogens with zero attached hydrogens (tertiary/aromatic N) is 2. The highest BCUT2D eigenvalue weighted by Crippen LogP contribution is 2.30. The van der Waals surface area contributed by atoms with Crippen molar-refractivity contribution < 1.29 is 14.3 Å². The molecule has 1 fully saturated rings. The molecule has 1 amide bonds.